The van der Waals surface area contributed by atoms with E-state index in [0.29, 0.717) is 0 Å². The van der Waals surface area contributed by atoms with Gasteiger partial charge in [-0.2, -0.15) is 0 Å². The molecule has 1 aliphatic heterocycles. The van der Waals surface area contributed by atoms with Crippen LogP contribution in [0.2, 0.25) is 0 Å². The molecule has 62 valence electrons. The molecule has 0 unspecified atom stereocenters. The largest absolute Gasteiger partial charge is 0.399 e. The minimum atomic E-state index is -1.17. The molecular formula is C6H10N2O3. The van der Waals surface area contributed by atoms with Gasteiger partial charge in [0.15, 0.2) is 5.60 Å². The summed E-state index contributed by atoms with van der Waals surface area (Å²) in [7, 11) is 0. The summed E-state index contributed by atoms with van der Waals surface area (Å²) >= 11 is 0. The minimum Gasteiger partial charge on any atom is -0.399 e. The van der Waals surface area contributed by atoms with Crippen LogP contribution in [0.15, 0.2) is 11.8 Å². The van der Waals surface area contributed by atoms with E-state index in [4.69, 9.17) is 16.2 Å². The van der Waals surface area contributed by atoms with Crippen LogP contribution in [0.1, 0.15) is 0 Å². The summed E-state index contributed by atoms with van der Waals surface area (Å²) in [5.41, 5.74) is 9.06. The van der Waals surface area contributed by atoms with E-state index in [-0.39, 0.29) is 18.9 Å². The first-order valence-corrected chi connectivity index (χ1v) is 3.12. The molecule has 5 N–H and O–H groups in total. The van der Waals surface area contributed by atoms with E-state index in [1.807, 2.05) is 0 Å². The van der Waals surface area contributed by atoms with E-state index < -0.39 is 11.5 Å². The zero-order chi connectivity index (χ0) is 8.48. The fourth-order valence-corrected chi connectivity index (χ4v) is 0.750. The van der Waals surface area contributed by atoms with Crippen molar-refractivity contribution in [3.63, 3.8) is 0 Å². The van der Waals surface area contributed by atoms with Gasteiger partial charge in [-0.25, -0.2) is 0 Å². The molecule has 1 heterocycles. The Labute approximate surface area is 63.6 Å². The molecule has 1 saturated heterocycles. The van der Waals surface area contributed by atoms with Crippen LogP contribution in [0.5, 0.6) is 0 Å². The normalized spacial score (nSPS) is 22.5. The molecule has 11 heavy (non-hydrogen) atoms. The number of primary amides is 1. The number of carbonyl (C=O) groups excluding carboxylic acids is 1. The minimum absolute atomic E-state index is 0.0660. The molecule has 1 rings (SSSR count). The van der Waals surface area contributed by atoms with Gasteiger partial charge in [-0.1, -0.05) is 0 Å². The third kappa shape index (κ3) is 1.50. The second-order valence-electron chi connectivity index (χ2n) is 2.53. The predicted molar refractivity (Wildman–Crippen MR) is 37.2 cm³/mol. The van der Waals surface area contributed by atoms with Crippen molar-refractivity contribution in [3.8, 4) is 0 Å². The van der Waals surface area contributed by atoms with Crippen molar-refractivity contribution in [3.05, 3.63) is 11.8 Å². The van der Waals surface area contributed by atoms with Crippen molar-refractivity contribution < 1.29 is 14.6 Å². The van der Waals surface area contributed by atoms with Crippen molar-refractivity contribution in [1.82, 2.24) is 0 Å². The first-order valence-electron chi connectivity index (χ1n) is 3.12. The van der Waals surface area contributed by atoms with Gasteiger partial charge < -0.3 is 21.3 Å². The van der Waals surface area contributed by atoms with E-state index >= 15 is 0 Å². The Bertz CT molecular complexity index is 208. The molecule has 0 spiro atoms. The molecule has 0 aliphatic carbocycles. The highest BCUT2D eigenvalue weighted by Crippen LogP contribution is 2.21. The maximum absolute atomic E-state index is 10.3. The Morgan fingerprint density at radius 3 is 2.36 bits per heavy atom. The summed E-state index contributed by atoms with van der Waals surface area (Å²) in [5.74, 6) is -0.664. The summed E-state index contributed by atoms with van der Waals surface area (Å²) in [4.78, 5) is 10.3. The monoisotopic (exact) mass is 158 g/mol. The molecule has 5 heteroatoms. The second-order valence-corrected chi connectivity index (χ2v) is 2.53. The number of hydrogen-bond donors (Lipinski definition) is 3. The van der Waals surface area contributed by atoms with Crippen LogP contribution in [0.25, 0.3) is 0 Å². The lowest BCUT2D eigenvalue weighted by Crippen LogP contribution is -2.53. The topological polar surface area (TPSA) is 98.6 Å². The van der Waals surface area contributed by atoms with E-state index in [9.17, 15) is 9.90 Å². The highest BCUT2D eigenvalue weighted by molar-refractivity contribution is 5.86. The third-order valence-electron chi connectivity index (χ3n) is 1.52. The molecule has 0 aromatic carbocycles. The summed E-state index contributed by atoms with van der Waals surface area (Å²) in [5, 5.41) is 9.40. The van der Waals surface area contributed by atoms with Crippen molar-refractivity contribution in [2.75, 3.05) is 13.2 Å². The van der Waals surface area contributed by atoms with Gasteiger partial charge in [-0.05, 0) is 0 Å². The smallest absolute Gasteiger partial charge is 0.243 e. The zero-order valence-electron chi connectivity index (χ0n) is 5.91. The van der Waals surface area contributed by atoms with Crippen molar-refractivity contribution in [2.45, 2.75) is 5.60 Å². The van der Waals surface area contributed by atoms with Gasteiger partial charge in [0.2, 0.25) is 5.91 Å². The van der Waals surface area contributed by atoms with E-state index in [0.717, 1.165) is 6.08 Å². The maximum atomic E-state index is 10.3. The first-order chi connectivity index (χ1) is 5.04. The van der Waals surface area contributed by atoms with Crippen LogP contribution in [-0.4, -0.2) is 29.8 Å². The average Bonchev–Trinajstić information content (AvgIpc) is 1.81. The van der Waals surface area contributed by atoms with Crippen LogP contribution in [0.4, 0.5) is 0 Å². The standard InChI is InChI=1S/C6H10N2O3/c7-4(1-5(8)9)6(10)2-11-3-6/h1,10H,2-3,7H2,(H2,8,9). The molecule has 0 radical (unpaired) electrons. The molecule has 0 aromatic heterocycles. The Kier molecular flexibility index (Phi) is 1.84. The number of aliphatic hydroxyl groups is 1. The Morgan fingerprint density at radius 1 is 1.55 bits per heavy atom. The van der Waals surface area contributed by atoms with Gasteiger partial charge in [0.05, 0.1) is 18.9 Å². The molecular weight excluding hydrogens is 148 g/mol. The van der Waals surface area contributed by atoms with Gasteiger partial charge in [0.1, 0.15) is 0 Å². The van der Waals surface area contributed by atoms with E-state index in [1.54, 1.807) is 0 Å². The predicted octanol–water partition coefficient (Wildman–Crippen LogP) is -1.92. The van der Waals surface area contributed by atoms with E-state index in [1.165, 1.54) is 0 Å². The van der Waals surface area contributed by atoms with Gasteiger partial charge >= 0.3 is 0 Å². The molecule has 0 bridgehead atoms. The SMILES string of the molecule is NC(=O)C=C(N)C1(O)COC1. The summed E-state index contributed by atoms with van der Waals surface area (Å²) in [6, 6.07) is 0. The average molecular weight is 158 g/mol. The zero-order valence-corrected chi connectivity index (χ0v) is 5.91. The van der Waals surface area contributed by atoms with Crippen LogP contribution in [-0.2, 0) is 9.53 Å². The molecule has 0 atom stereocenters. The van der Waals surface area contributed by atoms with Crippen LogP contribution < -0.4 is 11.5 Å². The molecule has 5 nitrogen and oxygen atoms in total. The Morgan fingerprint density at radius 2 is 2.09 bits per heavy atom. The summed E-state index contributed by atoms with van der Waals surface area (Å²) < 4.78 is 4.72. The lowest BCUT2D eigenvalue weighted by Gasteiger charge is -2.36. The summed E-state index contributed by atoms with van der Waals surface area (Å²) in [6.07, 6.45) is 1.00. The number of rotatable bonds is 2. The molecule has 0 saturated carbocycles. The fourth-order valence-electron chi connectivity index (χ4n) is 0.750. The highest BCUT2D eigenvalue weighted by Gasteiger charge is 2.38. The van der Waals surface area contributed by atoms with Gasteiger partial charge in [-0.15, -0.1) is 0 Å². The molecule has 1 aliphatic rings. The number of nitrogens with two attached hydrogens (primary N) is 2. The van der Waals surface area contributed by atoms with Crippen molar-refractivity contribution >= 4 is 5.91 Å². The number of hydrogen-bond acceptors (Lipinski definition) is 4. The highest BCUT2D eigenvalue weighted by atomic mass is 16.5. The van der Waals surface area contributed by atoms with Gasteiger partial charge in [0.25, 0.3) is 0 Å². The number of carbonyl (C=O) groups is 1. The lowest BCUT2D eigenvalue weighted by molar-refractivity contribution is -0.155. The molecule has 0 aromatic rings. The first kappa shape index (κ1) is 8.03. The maximum Gasteiger partial charge on any atom is 0.243 e. The Hall–Kier alpha value is -1.07. The molecule has 1 fully saturated rings. The van der Waals surface area contributed by atoms with Gasteiger partial charge in [0, 0.05) is 6.08 Å². The number of ether oxygens (including phenoxy) is 1. The van der Waals surface area contributed by atoms with Crippen molar-refractivity contribution in [1.29, 1.82) is 0 Å². The Balaban J connectivity index is 2.66. The second kappa shape index (κ2) is 2.52. The lowest BCUT2D eigenvalue weighted by atomic mass is 9.98. The van der Waals surface area contributed by atoms with Crippen molar-refractivity contribution in [2.24, 2.45) is 11.5 Å². The van der Waals surface area contributed by atoms with E-state index in [2.05, 4.69) is 0 Å². The fraction of sp³-hybridized carbons (Fsp3) is 0.500. The summed E-state index contributed by atoms with van der Waals surface area (Å²) in [6.45, 7) is 0.255. The number of amides is 1. The van der Waals surface area contributed by atoms with Gasteiger partial charge in [-0.3, -0.25) is 4.79 Å². The van der Waals surface area contributed by atoms with Crippen LogP contribution >= 0.6 is 0 Å². The van der Waals surface area contributed by atoms with Crippen LogP contribution in [0.3, 0.4) is 0 Å². The van der Waals surface area contributed by atoms with Crippen LogP contribution in [0, 0.1) is 0 Å². The third-order valence-corrected chi connectivity index (χ3v) is 1.52. The quantitative estimate of drug-likeness (QED) is 0.408. The molecule has 1 amide bonds.